The molecule has 0 aliphatic rings. The van der Waals surface area contributed by atoms with Crippen LogP contribution in [0.3, 0.4) is 0 Å². The van der Waals surface area contributed by atoms with Gasteiger partial charge in [-0.3, -0.25) is 0 Å². The number of nitrogens with one attached hydrogen (secondary N) is 2. The lowest BCUT2D eigenvalue weighted by Crippen LogP contribution is -2.12. The van der Waals surface area contributed by atoms with E-state index >= 15 is 0 Å². The molecule has 3 rings (SSSR count). The summed E-state index contributed by atoms with van der Waals surface area (Å²) in [7, 11) is 0. The molecule has 1 aromatic heterocycles. The Morgan fingerprint density at radius 2 is 1.71 bits per heavy atom. The number of nitrogens with zero attached hydrogens (tertiary/aromatic N) is 2. The third kappa shape index (κ3) is 8.46. The zero-order valence-corrected chi connectivity index (χ0v) is 20.5. The van der Waals surface area contributed by atoms with Crippen LogP contribution in [0, 0.1) is 5.92 Å². The van der Waals surface area contributed by atoms with Crippen LogP contribution in [0.15, 0.2) is 54.7 Å². The number of ether oxygens (including phenoxy) is 1. The second kappa shape index (κ2) is 12.4. The van der Waals surface area contributed by atoms with Crippen molar-refractivity contribution in [3.8, 4) is 5.75 Å². The molecule has 0 bridgehead atoms. The average molecular weight is 487 g/mol. The Bertz CT molecular complexity index is 1070. The van der Waals surface area contributed by atoms with Gasteiger partial charge in [0.2, 0.25) is 5.95 Å². The highest BCUT2D eigenvalue weighted by Gasteiger charge is 2.35. The Kier molecular flexibility index (Phi) is 9.34. The number of unbranched alkanes of at least 4 members (excludes halogenated alkanes) is 3. The van der Waals surface area contributed by atoms with Crippen LogP contribution in [-0.4, -0.2) is 16.6 Å². The second-order valence-electron chi connectivity index (χ2n) is 8.94. The normalized spacial score (nSPS) is 11.5. The maximum atomic E-state index is 13.6. The number of rotatable bonds is 12. The highest BCUT2D eigenvalue weighted by atomic mass is 19.4. The zero-order chi connectivity index (χ0) is 25.3. The maximum Gasteiger partial charge on any atom is 0.421 e. The molecule has 0 spiro atoms. The predicted octanol–water partition coefficient (Wildman–Crippen LogP) is 8.14. The molecule has 1 heterocycles. The van der Waals surface area contributed by atoms with Gasteiger partial charge in [0.05, 0.1) is 6.61 Å². The van der Waals surface area contributed by atoms with E-state index in [2.05, 4.69) is 41.4 Å². The molecule has 5 nitrogen and oxygen atoms in total. The van der Waals surface area contributed by atoms with Crippen LogP contribution >= 0.6 is 0 Å². The minimum Gasteiger partial charge on any atom is -0.494 e. The lowest BCUT2D eigenvalue weighted by molar-refractivity contribution is -0.137. The molecule has 0 atom stereocenters. The number of halogens is 3. The molecule has 0 aliphatic heterocycles. The van der Waals surface area contributed by atoms with Crippen LogP contribution in [0.4, 0.5) is 36.3 Å². The molecule has 0 unspecified atom stereocenters. The summed E-state index contributed by atoms with van der Waals surface area (Å²) in [5.41, 5.74) is 1.30. The fourth-order valence-electron chi connectivity index (χ4n) is 3.61. The molecule has 0 saturated carbocycles. The molecule has 2 aromatic carbocycles. The summed E-state index contributed by atoms with van der Waals surface area (Å²) in [4.78, 5) is 8.02. The van der Waals surface area contributed by atoms with Gasteiger partial charge >= 0.3 is 6.18 Å². The molecule has 188 valence electrons. The minimum atomic E-state index is -4.59. The van der Waals surface area contributed by atoms with E-state index in [9.17, 15) is 13.2 Å². The molecule has 0 amide bonds. The Morgan fingerprint density at radius 1 is 0.943 bits per heavy atom. The largest absolute Gasteiger partial charge is 0.494 e. The second-order valence-corrected chi connectivity index (χ2v) is 8.94. The van der Waals surface area contributed by atoms with Crippen LogP contribution in [0.2, 0.25) is 0 Å². The van der Waals surface area contributed by atoms with E-state index in [0.717, 1.165) is 36.8 Å². The van der Waals surface area contributed by atoms with Crippen molar-refractivity contribution in [2.75, 3.05) is 17.2 Å². The van der Waals surface area contributed by atoms with Crippen molar-refractivity contribution in [2.45, 2.75) is 59.1 Å². The molecule has 8 heteroatoms. The fraction of sp³-hybridized carbons (Fsp3) is 0.407. The number of aromatic nitrogens is 2. The van der Waals surface area contributed by atoms with E-state index in [1.807, 2.05) is 30.3 Å². The first-order valence-electron chi connectivity index (χ1n) is 12.0. The number of hydrogen-bond donors (Lipinski definition) is 2. The number of benzene rings is 2. The molecule has 0 radical (unpaired) electrons. The zero-order valence-electron chi connectivity index (χ0n) is 20.5. The van der Waals surface area contributed by atoms with E-state index in [4.69, 9.17) is 4.74 Å². The van der Waals surface area contributed by atoms with Crippen molar-refractivity contribution < 1.29 is 17.9 Å². The molecule has 0 aliphatic carbocycles. The van der Waals surface area contributed by atoms with Gasteiger partial charge < -0.3 is 15.4 Å². The summed E-state index contributed by atoms with van der Waals surface area (Å²) in [6.45, 7) is 7.01. The van der Waals surface area contributed by atoms with Gasteiger partial charge in [0.1, 0.15) is 17.1 Å². The van der Waals surface area contributed by atoms with Gasteiger partial charge in [-0.25, -0.2) is 4.98 Å². The molecule has 3 aromatic rings. The van der Waals surface area contributed by atoms with Gasteiger partial charge in [0.15, 0.2) is 0 Å². The lowest BCUT2D eigenvalue weighted by Gasteiger charge is -2.16. The van der Waals surface area contributed by atoms with Gasteiger partial charge in [-0.1, -0.05) is 52.2 Å². The first kappa shape index (κ1) is 26.3. The van der Waals surface area contributed by atoms with E-state index in [1.165, 1.54) is 12.8 Å². The summed E-state index contributed by atoms with van der Waals surface area (Å²) in [5.74, 6) is 0.934. The lowest BCUT2D eigenvalue weighted by atomic mass is 10.0. The fourth-order valence-corrected chi connectivity index (χ4v) is 3.61. The van der Waals surface area contributed by atoms with E-state index < -0.39 is 11.7 Å². The van der Waals surface area contributed by atoms with Crippen molar-refractivity contribution in [1.29, 1.82) is 0 Å². The van der Waals surface area contributed by atoms with Crippen molar-refractivity contribution in [1.82, 2.24) is 9.97 Å². The molecule has 0 saturated heterocycles. The topological polar surface area (TPSA) is 59.1 Å². The molecule has 35 heavy (non-hydrogen) atoms. The SMILES string of the molecule is CCCCCCOc1ccc(Nc2ncc(C(F)(F)F)c(Nc3cccc(CC(C)C)c3)n2)cc1. The van der Waals surface area contributed by atoms with Crippen LogP contribution in [-0.2, 0) is 12.6 Å². The Morgan fingerprint density at radius 3 is 2.40 bits per heavy atom. The smallest absolute Gasteiger partial charge is 0.421 e. The van der Waals surface area contributed by atoms with E-state index in [-0.39, 0.29) is 11.8 Å². The summed E-state index contributed by atoms with van der Waals surface area (Å²) in [6.07, 6.45) is 1.55. The predicted molar refractivity (Wildman–Crippen MR) is 135 cm³/mol. The Labute approximate surface area is 205 Å². The van der Waals surface area contributed by atoms with Crippen molar-refractivity contribution >= 4 is 23.1 Å². The van der Waals surface area contributed by atoms with E-state index in [0.29, 0.717) is 23.9 Å². The van der Waals surface area contributed by atoms with Crippen molar-refractivity contribution in [3.63, 3.8) is 0 Å². The third-order valence-corrected chi connectivity index (χ3v) is 5.30. The summed E-state index contributed by atoms with van der Waals surface area (Å²) >= 11 is 0. The molecular formula is C27H33F3N4O. The highest BCUT2D eigenvalue weighted by molar-refractivity contribution is 5.63. The molecular weight excluding hydrogens is 453 g/mol. The average Bonchev–Trinajstić information content (AvgIpc) is 2.79. The first-order chi connectivity index (χ1) is 16.7. The van der Waals surface area contributed by atoms with Crippen LogP contribution in [0.1, 0.15) is 57.6 Å². The third-order valence-electron chi connectivity index (χ3n) is 5.30. The Hall–Kier alpha value is -3.29. The van der Waals surface area contributed by atoms with Crippen molar-refractivity contribution in [3.05, 3.63) is 65.9 Å². The maximum absolute atomic E-state index is 13.6. The van der Waals surface area contributed by atoms with Gasteiger partial charge in [0, 0.05) is 17.6 Å². The molecule has 0 fully saturated rings. The highest BCUT2D eigenvalue weighted by Crippen LogP contribution is 2.35. The number of anilines is 4. The number of alkyl halides is 3. The van der Waals surface area contributed by atoms with Gasteiger partial charge in [-0.15, -0.1) is 0 Å². The minimum absolute atomic E-state index is 0.0621. The van der Waals surface area contributed by atoms with Crippen LogP contribution in [0.5, 0.6) is 5.75 Å². The Balaban J connectivity index is 1.73. The van der Waals surface area contributed by atoms with Crippen molar-refractivity contribution in [2.24, 2.45) is 5.92 Å². The van der Waals surface area contributed by atoms with Crippen LogP contribution < -0.4 is 15.4 Å². The standard InChI is InChI=1S/C27H33F3N4O/c1-4-5-6-7-15-35-23-13-11-21(12-14-23)33-26-31-18-24(27(28,29)30)25(34-26)32-22-10-8-9-20(17-22)16-19(2)3/h8-14,17-19H,4-7,15-16H2,1-3H3,(H2,31,32,33,34). The summed E-state index contributed by atoms with van der Waals surface area (Å²) < 4.78 is 46.6. The van der Waals surface area contributed by atoms with E-state index in [1.54, 1.807) is 18.2 Å². The molecule has 2 N–H and O–H groups in total. The monoisotopic (exact) mass is 486 g/mol. The summed E-state index contributed by atoms with van der Waals surface area (Å²) in [6, 6.07) is 14.5. The first-order valence-corrected chi connectivity index (χ1v) is 12.0. The van der Waals surface area contributed by atoms with Gasteiger partial charge in [-0.2, -0.15) is 18.2 Å². The number of hydrogen-bond acceptors (Lipinski definition) is 5. The van der Waals surface area contributed by atoms with Gasteiger partial charge in [-0.05, 0) is 60.7 Å². The summed E-state index contributed by atoms with van der Waals surface area (Å²) in [5, 5.41) is 5.81. The van der Waals surface area contributed by atoms with Crippen LogP contribution in [0.25, 0.3) is 0 Å². The quantitative estimate of drug-likeness (QED) is 0.253. The van der Waals surface area contributed by atoms with Gasteiger partial charge in [0.25, 0.3) is 0 Å².